The Labute approximate surface area is 275 Å². The van der Waals surface area contributed by atoms with Gasteiger partial charge in [0.2, 0.25) is 17.6 Å². The molecule has 0 aliphatic rings. The van der Waals surface area contributed by atoms with E-state index >= 15 is 0 Å². The minimum Gasteiger partial charge on any atom is -1.00 e. The Balaban J connectivity index is 0.000000403. The van der Waals surface area contributed by atoms with Crippen molar-refractivity contribution in [3.05, 3.63) is 65.3 Å². The van der Waals surface area contributed by atoms with E-state index < -0.39 is 12.7 Å². The van der Waals surface area contributed by atoms with Crippen molar-refractivity contribution in [2.45, 2.75) is 23.9 Å². The van der Waals surface area contributed by atoms with Gasteiger partial charge in [-0.15, -0.1) is 0 Å². The molecule has 0 aliphatic heterocycles. The van der Waals surface area contributed by atoms with Crippen LogP contribution in [-0.2, 0) is 20.9 Å². The second kappa shape index (κ2) is 17.2. The summed E-state index contributed by atoms with van der Waals surface area (Å²) in [6, 6.07) is 13.9. The number of hydrogen-bond acceptors (Lipinski definition) is 12. The van der Waals surface area contributed by atoms with Crippen LogP contribution in [0.4, 0.5) is 0 Å². The van der Waals surface area contributed by atoms with E-state index in [0.29, 0.717) is 40.9 Å². The van der Waals surface area contributed by atoms with Gasteiger partial charge in [0.1, 0.15) is 0 Å². The van der Waals surface area contributed by atoms with Gasteiger partial charge in [-0.1, -0.05) is 29.8 Å². The monoisotopic (exact) mass is 648 g/mol. The van der Waals surface area contributed by atoms with Gasteiger partial charge in [-0.25, -0.2) is 14.8 Å². The number of carbonyl (C=O) groups is 1. The zero-order valence-electron chi connectivity index (χ0n) is 23.9. The smallest absolute Gasteiger partial charge is 1.00 e. The molecule has 0 amide bonds. The van der Waals surface area contributed by atoms with Gasteiger partial charge in [0, 0.05) is 16.7 Å². The maximum Gasteiger partial charge on any atom is 1.00 e. The van der Waals surface area contributed by atoms with Crippen molar-refractivity contribution in [2.75, 3.05) is 27.4 Å². The Kier molecular flexibility index (Phi) is 14.7. The van der Waals surface area contributed by atoms with E-state index in [1.165, 1.54) is 32.5 Å². The molecule has 0 unspecified atom stereocenters. The quantitative estimate of drug-likeness (QED) is 0.145. The van der Waals surface area contributed by atoms with E-state index in [4.69, 9.17) is 46.5 Å². The van der Waals surface area contributed by atoms with Crippen molar-refractivity contribution in [2.24, 2.45) is 0 Å². The Morgan fingerprint density at radius 2 is 1.59 bits per heavy atom. The molecule has 2 aromatic carbocycles. The van der Waals surface area contributed by atoms with Crippen LogP contribution in [0.5, 0.6) is 17.6 Å². The number of hydrogen-bond donors (Lipinski definition) is 1. The molecule has 214 valence electrons. The van der Waals surface area contributed by atoms with E-state index in [-0.39, 0.29) is 41.6 Å². The summed E-state index contributed by atoms with van der Waals surface area (Å²) < 4.78 is 26.5. The number of carboxylic acids is 1. The topological polar surface area (TPSA) is 135 Å². The fraction of sp³-hybridized carbons (Fsp3) is 0.240. The zero-order chi connectivity index (χ0) is 29.1. The van der Waals surface area contributed by atoms with E-state index in [1.807, 2.05) is 38.1 Å². The van der Waals surface area contributed by atoms with Gasteiger partial charge in [0.05, 0.1) is 61.3 Å². The molecule has 0 radical (unpaired) electrons. The Morgan fingerprint density at radius 1 is 0.976 bits per heavy atom. The van der Waals surface area contributed by atoms with E-state index in [2.05, 4.69) is 19.9 Å². The normalized spacial score (nSPS) is 10.7. The van der Waals surface area contributed by atoms with Crippen LogP contribution in [0.2, 0.25) is 5.02 Å². The van der Waals surface area contributed by atoms with Crippen molar-refractivity contribution < 1.29 is 63.9 Å². The minimum absolute atomic E-state index is 0. The first-order chi connectivity index (χ1) is 19.2. The first-order valence-corrected chi connectivity index (χ1v) is 15.4. The minimum atomic E-state index is -2.79. The van der Waals surface area contributed by atoms with Crippen LogP contribution in [0.25, 0.3) is 11.0 Å². The molecular formula is C25H27ClN4NaO7PS2. The number of rotatable bonds is 11. The molecule has 1 N–H and O–H groups in total. The van der Waals surface area contributed by atoms with Crippen molar-refractivity contribution in [3.63, 3.8) is 0 Å². The van der Waals surface area contributed by atoms with Crippen molar-refractivity contribution >= 4 is 58.9 Å². The molecule has 0 saturated carbocycles. The first kappa shape index (κ1) is 35.1. The van der Waals surface area contributed by atoms with Crippen LogP contribution >= 0.6 is 30.1 Å². The fourth-order valence-electron chi connectivity index (χ4n) is 3.04. The molecule has 0 fully saturated rings. The average Bonchev–Trinajstić information content (AvgIpc) is 2.93. The third-order valence-electron chi connectivity index (χ3n) is 4.67. The van der Waals surface area contributed by atoms with Gasteiger partial charge >= 0.3 is 42.2 Å². The van der Waals surface area contributed by atoms with Gasteiger partial charge in [-0.05, 0) is 49.9 Å². The van der Waals surface area contributed by atoms with Gasteiger partial charge in [0.15, 0.2) is 5.16 Å². The second-order valence-corrected chi connectivity index (χ2v) is 11.7. The molecular weight excluding hydrogens is 622 g/mol. The third kappa shape index (κ3) is 10.3. The van der Waals surface area contributed by atoms with Gasteiger partial charge in [-0.2, -0.15) is 9.97 Å². The number of benzene rings is 2. The van der Waals surface area contributed by atoms with Crippen LogP contribution in [0.1, 0.15) is 25.6 Å². The molecule has 11 nitrogen and oxygen atoms in total. The van der Waals surface area contributed by atoms with Crippen LogP contribution in [0, 0.1) is 0 Å². The average molecular weight is 649 g/mol. The number of methoxy groups -OCH3 is 2. The molecule has 0 bridgehead atoms. The van der Waals surface area contributed by atoms with Gasteiger partial charge in [0.25, 0.3) is 0 Å². The summed E-state index contributed by atoms with van der Waals surface area (Å²) in [5, 5.41) is 9.69. The standard InChI is InChI=1S/C13H11ClN2O4S.C12H15N2O3PS.Na.H/c1-19-9-6-10(20-2)16-13(15-9)21-8-5-3-4-7(14)11(8)12(17)18;1-3-15-18(19,16-4-2)17-12-9-13-10-7-5-6-8-11(10)14-12;;/h3-6H,1-2H3,(H,17,18);5-9H,3-4H2,1-2H3;;/q;;+1;-1. The van der Waals surface area contributed by atoms with Crippen LogP contribution in [-0.4, -0.2) is 58.4 Å². The Bertz CT molecular complexity index is 1500. The molecule has 0 atom stereocenters. The Hall–Kier alpha value is -2.06. The van der Waals surface area contributed by atoms with E-state index in [1.54, 1.807) is 12.1 Å². The zero-order valence-corrected chi connectivity index (χ0v) is 28.2. The fourth-order valence-corrected chi connectivity index (χ4v) is 6.26. The molecule has 0 aliphatic carbocycles. The summed E-state index contributed by atoms with van der Waals surface area (Å²) in [4.78, 5) is 28.6. The number of aromatic carboxylic acids is 1. The molecule has 2 aromatic heterocycles. The van der Waals surface area contributed by atoms with E-state index in [9.17, 15) is 9.90 Å². The number of carboxylic acid groups (broad SMARTS) is 1. The number of fused-ring (bicyclic) bond motifs is 1. The molecule has 41 heavy (non-hydrogen) atoms. The third-order valence-corrected chi connectivity index (χ3v) is 8.33. The van der Waals surface area contributed by atoms with Crippen molar-refractivity contribution in [1.82, 2.24) is 19.9 Å². The maximum atomic E-state index is 11.3. The number of para-hydroxylation sites is 2. The number of ether oxygens (including phenoxy) is 2. The summed E-state index contributed by atoms with van der Waals surface area (Å²) >= 11 is 12.3. The molecule has 4 rings (SSSR count). The first-order valence-electron chi connectivity index (χ1n) is 11.7. The van der Waals surface area contributed by atoms with E-state index in [0.717, 1.165) is 22.8 Å². The van der Waals surface area contributed by atoms with Crippen LogP contribution in [0.15, 0.2) is 64.8 Å². The number of nitrogens with zero attached hydrogens (tertiary/aromatic N) is 4. The second-order valence-electron chi connectivity index (χ2n) is 7.33. The predicted octanol–water partition coefficient (Wildman–Crippen LogP) is 3.42. The molecule has 4 aromatic rings. The molecule has 16 heteroatoms. The largest absolute Gasteiger partial charge is 1.00 e. The van der Waals surface area contributed by atoms with Crippen LogP contribution in [0.3, 0.4) is 0 Å². The van der Waals surface area contributed by atoms with Crippen molar-refractivity contribution in [3.8, 4) is 17.6 Å². The number of halogens is 1. The maximum absolute atomic E-state index is 11.3. The molecule has 0 saturated heterocycles. The summed E-state index contributed by atoms with van der Waals surface area (Å²) in [5.41, 5.74) is 1.56. The van der Waals surface area contributed by atoms with Gasteiger partial charge in [-0.3, -0.25) is 9.05 Å². The van der Waals surface area contributed by atoms with Crippen molar-refractivity contribution in [1.29, 1.82) is 0 Å². The molecule has 2 heterocycles. The summed E-state index contributed by atoms with van der Waals surface area (Å²) in [6.45, 7) is 1.75. The van der Waals surface area contributed by atoms with Crippen LogP contribution < -0.4 is 43.6 Å². The SMILES string of the molecule is CCOP(=S)(OCC)Oc1cnc2ccccc2n1.COc1cc(OC)nc(Sc2cccc(Cl)c2C(=O)O)n1.[H-].[Na+]. The molecule has 0 spiro atoms. The van der Waals surface area contributed by atoms with Gasteiger partial charge < -0.3 is 20.5 Å². The summed E-state index contributed by atoms with van der Waals surface area (Å²) in [5.74, 6) is -0.145. The Morgan fingerprint density at radius 3 is 2.15 bits per heavy atom. The number of aromatic nitrogens is 4. The summed E-state index contributed by atoms with van der Waals surface area (Å²) in [6.07, 6.45) is 1.53. The summed E-state index contributed by atoms with van der Waals surface area (Å²) in [7, 11) is 2.94. The predicted molar refractivity (Wildman–Crippen MR) is 156 cm³/mol.